The highest BCUT2D eigenvalue weighted by Gasteiger charge is 1.99. The van der Waals surface area contributed by atoms with Crippen molar-refractivity contribution in [1.29, 1.82) is 0 Å². The van der Waals surface area contributed by atoms with Crippen LogP contribution in [0.1, 0.15) is 12.8 Å². The molecule has 0 aliphatic heterocycles. The van der Waals surface area contributed by atoms with Gasteiger partial charge in [-0.05, 0) is 42.0 Å². The summed E-state index contributed by atoms with van der Waals surface area (Å²) in [6, 6.07) is 0. The fourth-order valence-corrected chi connectivity index (χ4v) is 1.89. The molecule has 0 aliphatic carbocycles. The van der Waals surface area contributed by atoms with Crippen LogP contribution in [-0.4, -0.2) is 36.4 Å². The van der Waals surface area contributed by atoms with Crippen molar-refractivity contribution in [3.63, 3.8) is 0 Å². The number of nitrogens with zero attached hydrogens (tertiary/aromatic N) is 2. The fraction of sp³-hybridized carbons (Fsp3) is 0.636. The minimum absolute atomic E-state index is 0.0490. The number of halogens is 1. The Hall–Kier alpha value is -0.470. The lowest BCUT2D eigenvalue weighted by molar-refractivity contribution is 0.199. The van der Waals surface area contributed by atoms with E-state index in [2.05, 4.69) is 10.3 Å². The van der Waals surface area contributed by atoms with Crippen molar-refractivity contribution in [2.45, 2.75) is 19.4 Å². The first-order valence-electron chi connectivity index (χ1n) is 5.65. The summed E-state index contributed by atoms with van der Waals surface area (Å²) in [5, 5.41) is 3.27. The van der Waals surface area contributed by atoms with E-state index in [0.29, 0.717) is 3.57 Å². The Morgan fingerprint density at radius 1 is 1.47 bits per heavy atom. The monoisotopic (exact) mass is 351 g/mol. The molecule has 1 N–H and O–H groups in total. The highest BCUT2D eigenvalue weighted by Crippen LogP contribution is 1.95. The summed E-state index contributed by atoms with van der Waals surface area (Å²) in [5.41, 5.74) is 0.0490. The second-order valence-corrected chi connectivity index (χ2v) is 4.85. The van der Waals surface area contributed by atoms with Crippen LogP contribution in [0.25, 0.3) is 0 Å². The molecule has 0 unspecified atom stereocenters. The van der Waals surface area contributed by atoms with Crippen LogP contribution < -0.4 is 10.9 Å². The van der Waals surface area contributed by atoms with Crippen molar-refractivity contribution >= 4 is 22.6 Å². The first kappa shape index (κ1) is 14.6. The van der Waals surface area contributed by atoms with E-state index in [4.69, 9.17) is 4.74 Å². The maximum Gasteiger partial charge on any atom is 0.266 e. The van der Waals surface area contributed by atoms with Crippen molar-refractivity contribution in [2.75, 3.05) is 26.8 Å². The molecule has 0 aliphatic rings. The topological polar surface area (TPSA) is 56.1 Å². The van der Waals surface area contributed by atoms with E-state index in [-0.39, 0.29) is 5.56 Å². The summed E-state index contributed by atoms with van der Waals surface area (Å²) >= 11 is 2.01. The van der Waals surface area contributed by atoms with Crippen LogP contribution in [0.15, 0.2) is 17.3 Å². The predicted molar refractivity (Wildman–Crippen MR) is 75.2 cm³/mol. The molecule has 17 heavy (non-hydrogen) atoms. The fourth-order valence-electron chi connectivity index (χ4n) is 1.41. The van der Waals surface area contributed by atoms with E-state index >= 15 is 0 Å². The number of methoxy groups -OCH3 is 1. The molecule has 96 valence electrons. The molecule has 0 fully saturated rings. The third kappa shape index (κ3) is 5.60. The molecule has 0 aromatic carbocycles. The van der Waals surface area contributed by atoms with Gasteiger partial charge >= 0.3 is 0 Å². The Balaban J connectivity index is 2.18. The van der Waals surface area contributed by atoms with Crippen molar-refractivity contribution in [3.05, 3.63) is 26.4 Å². The van der Waals surface area contributed by atoms with Gasteiger partial charge in [-0.15, -0.1) is 0 Å². The van der Waals surface area contributed by atoms with Gasteiger partial charge in [0.2, 0.25) is 0 Å². The summed E-state index contributed by atoms with van der Waals surface area (Å²) in [4.78, 5) is 15.7. The average Bonchev–Trinajstić information content (AvgIpc) is 2.33. The Morgan fingerprint density at radius 3 is 3.06 bits per heavy atom. The van der Waals surface area contributed by atoms with Crippen LogP contribution in [0.2, 0.25) is 0 Å². The third-order valence-electron chi connectivity index (χ3n) is 2.34. The number of aryl methyl sites for hydroxylation is 1. The van der Waals surface area contributed by atoms with E-state index < -0.39 is 0 Å². The molecular formula is C11H18IN3O2. The molecule has 0 bridgehead atoms. The van der Waals surface area contributed by atoms with Crippen molar-refractivity contribution < 1.29 is 4.74 Å². The minimum atomic E-state index is 0.0490. The molecule has 0 atom stereocenters. The van der Waals surface area contributed by atoms with Gasteiger partial charge in [-0.2, -0.15) is 0 Å². The normalized spacial score (nSPS) is 10.7. The van der Waals surface area contributed by atoms with Crippen LogP contribution in [0.4, 0.5) is 0 Å². The minimum Gasteiger partial charge on any atom is -0.383 e. The first-order valence-corrected chi connectivity index (χ1v) is 6.73. The van der Waals surface area contributed by atoms with Crippen LogP contribution in [0, 0.1) is 3.57 Å². The van der Waals surface area contributed by atoms with E-state index in [9.17, 15) is 4.79 Å². The molecule has 0 saturated heterocycles. The lowest BCUT2D eigenvalue weighted by Gasteiger charge is -2.06. The third-order valence-corrected chi connectivity index (χ3v) is 3.08. The number of unbranched alkanes of at least 4 members (excludes halogenated alkanes) is 1. The van der Waals surface area contributed by atoms with E-state index in [1.165, 1.54) is 0 Å². The second-order valence-electron chi connectivity index (χ2n) is 3.69. The summed E-state index contributed by atoms with van der Waals surface area (Å²) in [6.07, 6.45) is 5.21. The highest BCUT2D eigenvalue weighted by molar-refractivity contribution is 14.1. The molecule has 0 amide bonds. The van der Waals surface area contributed by atoms with Crippen LogP contribution >= 0.6 is 22.6 Å². The number of aromatic nitrogens is 2. The first-order chi connectivity index (χ1) is 8.25. The van der Waals surface area contributed by atoms with E-state index in [1.54, 1.807) is 24.2 Å². The van der Waals surface area contributed by atoms with Crippen molar-refractivity contribution in [3.8, 4) is 0 Å². The Kier molecular flexibility index (Phi) is 7.38. The summed E-state index contributed by atoms with van der Waals surface area (Å²) in [5.74, 6) is 0. The van der Waals surface area contributed by atoms with Gasteiger partial charge in [-0.3, -0.25) is 9.36 Å². The van der Waals surface area contributed by atoms with Crippen LogP contribution in [0.5, 0.6) is 0 Å². The van der Waals surface area contributed by atoms with Crippen LogP contribution in [-0.2, 0) is 11.3 Å². The van der Waals surface area contributed by atoms with Crippen LogP contribution in [0.3, 0.4) is 0 Å². The number of hydrogen-bond acceptors (Lipinski definition) is 4. The number of nitrogens with one attached hydrogen (secondary N) is 1. The average molecular weight is 351 g/mol. The van der Waals surface area contributed by atoms with Crippen molar-refractivity contribution in [2.24, 2.45) is 0 Å². The van der Waals surface area contributed by atoms with Gasteiger partial charge in [-0.1, -0.05) is 0 Å². The SMILES string of the molecule is COCCNCCCCn1cncc(I)c1=O. The maximum absolute atomic E-state index is 11.7. The van der Waals surface area contributed by atoms with Gasteiger partial charge in [-0.25, -0.2) is 4.98 Å². The molecule has 1 aromatic heterocycles. The zero-order chi connectivity index (χ0) is 12.5. The standard InChI is InChI=1S/C11H18IN3O2/c1-17-7-5-13-4-2-3-6-15-9-14-8-10(12)11(15)16/h8-9,13H,2-7H2,1H3. The Labute approximate surface area is 115 Å². The van der Waals surface area contributed by atoms with E-state index in [1.807, 2.05) is 22.6 Å². The van der Waals surface area contributed by atoms with Gasteiger partial charge in [0.1, 0.15) is 0 Å². The quantitative estimate of drug-likeness (QED) is 0.558. The largest absolute Gasteiger partial charge is 0.383 e. The number of rotatable bonds is 8. The smallest absolute Gasteiger partial charge is 0.266 e. The van der Waals surface area contributed by atoms with Gasteiger partial charge < -0.3 is 10.1 Å². The molecule has 0 spiro atoms. The molecule has 1 rings (SSSR count). The summed E-state index contributed by atoms with van der Waals surface area (Å²) < 4.78 is 7.26. The lowest BCUT2D eigenvalue weighted by Crippen LogP contribution is -2.24. The van der Waals surface area contributed by atoms with E-state index in [0.717, 1.165) is 39.1 Å². The number of ether oxygens (including phenoxy) is 1. The maximum atomic E-state index is 11.7. The molecule has 0 radical (unpaired) electrons. The number of hydrogen-bond donors (Lipinski definition) is 1. The van der Waals surface area contributed by atoms with Gasteiger partial charge in [0, 0.05) is 26.4 Å². The summed E-state index contributed by atoms with van der Waals surface area (Å²) in [7, 11) is 1.69. The molecule has 6 heteroatoms. The Bertz CT molecular complexity index is 381. The molecule has 5 nitrogen and oxygen atoms in total. The molecule has 1 heterocycles. The second kappa shape index (κ2) is 8.60. The summed E-state index contributed by atoms with van der Waals surface area (Å²) in [6.45, 7) is 3.30. The predicted octanol–water partition coefficient (Wildman–Crippen LogP) is 0.864. The lowest BCUT2D eigenvalue weighted by atomic mass is 10.3. The zero-order valence-electron chi connectivity index (χ0n) is 9.99. The highest BCUT2D eigenvalue weighted by atomic mass is 127. The zero-order valence-corrected chi connectivity index (χ0v) is 12.1. The van der Waals surface area contributed by atoms with Crippen molar-refractivity contribution in [1.82, 2.24) is 14.9 Å². The molecule has 1 aromatic rings. The Morgan fingerprint density at radius 2 is 2.29 bits per heavy atom. The van der Waals surface area contributed by atoms with Gasteiger partial charge in [0.15, 0.2) is 0 Å². The van der Waals surface area contributed by atoms with Gasteiger partial charge in [0.05, 0.1) is 16.5 Å². The van der Waals surface area contributed by atoms with Gasteiger partial charge in [0.25, 0.3) is 5.56 Å². The molecular weight excluding hydrogens is 333 g/mol. The molecule has 0 saturated carbocycles.